The maximum atomic E-state index is 11.5. The zero-order valence-electron chi connectivity index (χ0n) is 9.64. The quantitative estimate of drug-likeness (QED) is 0.826. The molecule has 2 aliphatic rings. The van der Waals surface area contributed by atoms with Gasteiger partial charge < -0.3 is 10.1 Å². The molecule has 0 bridgehead atoms. The van der Waals surface area contributed by atoms with E-state index in [4.69, 9.17) is 4.74 Å². The maximum Gasteiger partial charge on any atom is 0.175 e. The fraction of sp³-hybridized carbons (Fsp3) is 0.500. The summed E-state index contributed by atoms with van der Waals surface area (Å²) in [5.74, 6) is 0.470. The van der Waals surface area contributed by atoms with Gasteiger partial charge in [-0.1, -0.05) is 0 Å². The van der Waals surface area contributed by atoms with Crippen LogP contribution in [0.1, 0.15) is 18.1 Å². The van der Waals surface area contributed by atoms with E-state index in [1.807, 2.05) is 6.07 Å². The number of nitrogens with one attached hydrogen (secondary N) is 1. The van der Waals surface area contributed by atoms with Crippen molar-refractivity contribution < 1.29 is 13.2 Å². The standard InChI is InChI=1S/C12H15NO3S/c1-17(14,15)9-2-3-11-10(6-9)12-8(7-13-11)4-5-16-12/h2-3,6,8,12-13H,4-5,7H2,1H3/t8-,12?/m0/s1. The summed E-state index contributed by atoms with van der Waals surface area (Å²) in [5.41, 5.74) is 1.99. The molecule has 1 N–H and O–H groups in total. The molecule has 0 aromatic heterocycles. The Morgan fingerprint density at radius 3 is 3.00 bits per heavy atom. The van der Waals surface area contributed by atoms with Crippen LogP contribution >= 0.6 is 0 Å². The molecule has 4 nitrogen and oxygen atoms in total. The van der Waals surface area contributed by atoms with Crippen molar-refractivity contribution in [1.29, 1.82) is 0 Å². The molecule has 92 valence electrons. The molecule has 3 rings (SSSR count). The molecule has 0 aliphatic carbocycles. The first-order chi connectivity index (χ1) is 8.05. The lowest BCUT2D eigenvalue weighted by Gasteiger charge is -2.28. The lowest BCUT2D eigenvalue weighted by molar-refractivity contribution is 0.0911. The molecule has 0 amide bonds. The summed E-state index contributed by atoms with van der Waals surface area (Å²) in [4.78, 5) is 0.370. The number of hydrogen-bond donors (Lipinski definition) is 1. The maximum absolute atomic E-state index is 11.5. The van der Waals surface area contributed by atoms with Crippen LogP contribution in [0.4, 0.5) is 5.69 Å². The van der Waals surface area contributed by atoms with Crippen molar-refractivity contribution in [3.63, 3.8) is 0 Å². The predicted molar refractivity (Wildman–Crippen MR) is 64.8 cm³/mol. The Morgan fingerprint density at radius 1 is 1.41 bits per heavy atom. The summed E-state index contributed by atoms with van der Waals surface area (Å²) >= 11 is 0. The van der Waals surface area contributed by atoms with E-state index < -0.39 is 9.84 Å². The van der Waals surface area contributed by atoms with Crippen molar-refractivity contribution in [2.75, 3.05) is 24.7 Å². The normalized spacial score (nSPS) is 27.1. The van der Waals surface area contributed by atoms with Gasteiger partial charge in [0.25, 0.3) is 0 Å². The van der Waals surface area contributed by atoms with Gasteiger partial charge in [-0.3, -0.25) is 0 Å². The Morgan fingerprint density at radius 2 is 2.24 bits per heavy atom. The van der Waals surface area contributed by atoms with Crippen molar-refractivity contribution in [2.24, 2.45) is 5.92 Å². The molecule has 0 radical (unpaired) electrons. The summed E-state index contributed by atoms with van der Waals surface area (Å²) in [6.45, 7) is 1.68. The van der Waals surface area contributed by atoms with E-state index >= 15 is 0 Å². The zero-order valence-corrected chi connectivity index (χ0v) is 10.5. The van der Waals surface area contributed by atoms with Crippen molar-refractivity contribution in [3.05, 3.63) is 23.8 Å². The summed E-state index contributed by atoms with van der Waals surface area (Å²) in [7, 11) is -3.15. The molecule has 2 heterocycles. The topological polar surface area (TPSA) is 55.4 Å². The lowest BCUT2D eigenvalue weighted by Crippen LogP contribution is -2.24. The first kappa shape index (κ1) is 11.0. The molecule has 1 saturated heterocycles. The molecule has 0 spiro atoms. The third-order valence-corrected chi connectivity index (χ3v) is 4.64. The number of benzene rings is 1. The van der Waals surface area contributed by atoms with Crippen LogP contribution in [0.3, 0.4) is 0 Å². The number of anilines is 1. The molecule has 2 atom stereocenters. The van der Waals surface area contributed by atoms with Gasteiger partial charge >= 0.3 is 0 Å². The van der Waals surface area contributed by atoms with Gasteiger partial charge in [0.15, 0.2) is 9.84 Å². The monoisotopic (exact) mass is 253 g/mol. The highest BCUT2D eigenvalue weighted by Gasteiger charge is 2.34. The highest BCUT2D eigenvalue weighted by Crippen LogP contribution is 2.42. The molecule has 0 saturated carbocycles. The van der Waals surface area contributed by atoms with E-state index in [1.54, 1.807) is 12.1 Å². The average Bonchev–Trinajstić information content (AvgIpc) is 2.75. The average molecular weight is 253 g/mol. The number of ether oxygens (including phenoxy) is 1. The van der Waals surface area contributed by atoms with E-state index in [0.29, 0.717) is 10.8 Å². The van der Waals surface area contributed by atoms with E-state index in [9.17, 15) is 8.42 Å². The van der Waals surface area contributed by atoms with E-state index in [-0.39, 0.29) is 6.10 Å². The first-order valence-electron chi connectivity index (χ1n) is 5.75. The Balaban J connectivity index is 2.10. The molecule has 1 fully saturated rings. The fourth-order valence-electron chi connectivity index (χ4n) is 2.60. The predicted octanol–water partition coefficient (Wildman–Crippen LogP) is 1.59. The minimum absolute atomic E-state index is 0.0629. The Hall–Kier alpha value is -1.07. The minimum Gasteiger partial charge on any atom is -0.384 e. The summed E-state index contributed by atoms with van der Waals surface area (Å²) in [6, 6.07) is 5.24. The third kappa shape index (κ3) is 1.83. The van der Waals surface area contributed by atoms with E-state index in [0.717, 1.165) is 30.8 Å². The third-order valence-electron chi connectivity index (χ3n) is 3.53. The minimum atomic E-state index is -3.15. The van der Waals surface area contributed by atoms with Gasteiger partial charge in [-0.2, -0.15) is 0 Å². The van der Waals surface area contributed by atoms with E-state index in [1.165, 1.54) is 6.26 Å². The van der Waals surface area contributed by atoms with Crippen LogP contribution in [0.5, 0.6) is 0 Å². The van der Waals surface area contributed by atoms with Crippen LogP contribution in [0.2, 0.25) is 0 Å². The van der Waals surface area contributed by atoms with Crippen molar-refractivity contribution >= 4 is 15.5 Å². The number of rotatable bonds is 1. The van der Waals surface area contributed by atoms with Gasteiger partial charge in [0.1, 0.15) is 0 Å². The lowest BCUT2D eigenvalue weighted by atomic mass is 9.91. The summed E-state index contributed by atoms with van der Waals surface area (Å²) in [6.07, 6.45) is 2.34. The molecule has 2 aliphatic heterocycles. The van der Waals surface area contributed by atoms with E-state index in [2.05, 4.69) is 5.32 Å². The highest BCUT2D eigenvalue weighted by molar-refractivity contribution is 7.90. The second-order valence-electron chi connectivity index (χ2n) is 4.74. The number of sulfone groups is 1. The van der Waals surface area contributed by atoms with Gasteiger partial charge in [-0.25, -0.2) is 8.42 Å². The van der Waals surface area contributed by atoms with Crippen LogP contribution in [-0.4, -0.2) is 27.8 Å². The van der Waals surface area contributed by atoms with Crippen molar-refractivity contribution in [3.8, 4) is 0 Å². The zero-order chi connectivity index (χ0) is 12.0. The SMILES string of the molecule is CS(=O)(=O)c1ccc2c(c1)C1OCC[C@H]1CN2. The number of hydrogen-bond acceptors (Lipinski definition) is 4. The molecule has 1 aromatic carbocycles. The molecule has 1 unspecified atom stereocenters. The Kier molecular flexibility index (Phi) is 2.41. The molecule has 17 heavy (non-hydrogen) atoms. The fourth-order valence-corrected chi connectivity index (χ4v) is 3.25. The number of fused-ring (bicyclic) bond motifs is 3. The first-order valence-corrected chi connectivity index (χ1v) is 7.64. The second kappa shape index (κ2) is 3.71. The van der Waals surface area contributed by atoms with Crippen molar-refractivity contribution in [1.82, 2.24) is 0 Å². The van der Waals surface area contributed by atoms with Gasteiger partial charge in [0.2, 0.25) is 0 Å². The van der Waals surface area contributed by atoms with Crippen LogP contribution < -0.4 is 5.32 Å². The summed E-state index contributed by atoms with van der Waals surface area (Å²) in [5, 5.41) is 3.34. The molecule has 5 heteroatoms. The Bertz CT molecular complexity index is 553. The van der Waals surface area contributed by atoms with Crippen molar-refractivity contribution in [2.45, 2.75) is 17.4 Å². The van der Waals surface area contributed by atoms with Gasteiger partial charge in [0, 0.05) is 36.6 Å². The van der Waals surface area contributed by atoms with Crippen LogP contribution in [-0.2, 0) is 14.6 Å². The van der Waals surface area contributed by atoms with Gasteiger partial charge in [-0.15, -0.1) is 0 Å². The highest BCUT2D eigenvalue weighted by atomic mass is 32.2. The van der Waals surface area contributed by atoms with Crippen LogP contribution in [0.25, 0.3) is 0 Å². The van der Waals surface area contributed by atoms with Crippen LogP contribution in [0, 0.1) is 5.92 Å². The largest absolute Gasteiger partial charge is 0.384 e. The van der Waals surface area contributed by atoms with Gasteiger partial charge in [0.05, 0.1) is 11.0 Å². The molecule has 1 aromatic rings. The Labute approximate surface area is 101 Å². The molecular weight excluding hydrogens is 238 g/mol. The van der Waals surface area contributed by atoms with Crippen LogP contribution in [0.15, 0.2) is 23.1 Å². The summed E-state index contributed by atoms with van der Waals surface area (Å²) < 4.78 is 28.8. The molecular formula is C12H15NO3S. The second-order valence-corrected chi connectivity index (χ2v) is 6.76. The van der Waals surface area contributed by atoms with Gasteiger partial charge in [-0.05, 0) is 24.6 Å². The smallest absolute Gasteiger partial charge is 0.175 e.